The third kappa shape index (κ3) is 5.52. The van der Waals surface area contributed by atoms with Crippen molar-refractivity contribution in [3.63, 3.8) is 0 Å². The molecule has 154 valence electrons. The number of hydrogen-bond donors (Lipinski definition) is 1. The van der Waals surface area contributed by atoms with Crippen LogP contribution >= 0.6 is 0 Å². The van der Waals surface area contributed by atoms with E-state index in [0.717, 1.165) is 0 Å². The van der Waals surface area contributed by atoms with Crippen molar-refractivity contribution in [2.75, 3.05) is 26.9 Å². The molecule has 0 fully saturated rings. The number of ether oxygens (including phenoxy) is 4. The van der Waals surface area contributed by atoms with Crippen molar-refractivity contribution >= 4 is 18.0 Å². The van der Waals surface area contributed by atoms with Gasteiger partial charge in [0.2, 0.25) is 0 Å². The van der Waals surface area contributed by atoms with E-state index in [0.29, 0.717) is 29.4 Å². The van der Waals surface area contributed by atoms with Gasteiger partial charge in [0.25, 0.3) is 5.91 Å². The van der Waals surface area contributed by atoms with Gasteiger partial charge in [-0.3, -0.25) is 4.79 Å². The number of esters is 1. The highest BCUT2D eigenvalue weighted by Gasteiger charge is 2.21. The molecule has 8 heteroatoms. The molecular formula is C22H20N2O6. The molecule has 1 heterocycles. The maximum Gasteiger partial charge on any atom is 0.349 e. The zero-order valence-electron chi connectivity index (χ0n) is 16.3. The number of rotatable bonds is 7. The van der Waals surface area contributed by atoms with Crippen molar-refractivity contribution in [2.24, 2.45) is 0 Å². The second kappa shape index (κ2) is 9.98. The summed E-state index contributed by atoms with van der Waals surface area (Å²) in [5.74, 6) is 0.529. The monoisotopic (exact) mass is 408 g/mol. The lowest BCUT2D eigenvalue weighted by Crippen LogP contribution is -2.42. The molecule has 0 spiro atoms. The topological polar surface area (TPSA) is 107 Å². The molecule has 2 aromatic carbocycles. The maximum atomic E-state index is 12.1. The van der Waals surface area contributed by atoms with E-state index in [1.165, 1.54) is 6.08 Å². The number of nitriles is 1. The number of carbonyl (C=O) groups is 2. The second-order valence-electron chi connectivity index (χ2n) is 6.32. The fourth-order valence-corrected chi connectivity index (χ4v) is 2.65. The van der Waals surface area contributed by atoms with Crippen LogP contribution in [0.25, 0.3) is 6.08 Å². The average Bonchev–Trinajstić information content (AvgIpc) is 2.79. The van der Waals surface area contributed by atoms with Crippen LogP contribution in [0.15, 0.2) is 54.1 Å². The smallest absolute Gasteiger partial charge is 0.349 e. The van der Waals surface area contributed by atoms with Gasteiger partial charge in [-0.2, -0.15) is 5.26 Å². The number of nitrogens with zero attached hydrogens (tertiary/aromatic N) is 1. The maximum absolute atomic E-state index is 12.1. The molecule has 2 aromatic rings. The van der Waals surface area contributed by atoms with E-state index in [1.807, 2.05) is 12.1 Å². The van der Waals surface area contributed by atoms with Gasteiger partial charge in [-0.15, -0.1) is 0 Å². The average molecular weight is 408 g/mol. The van der Waals surface area contributed by atoms with Crippen LogP contribution in [-0.4, -0.2) is 44.8 Å². The Balaban J connectivity index is 1.46. The van der Waals surface area contributed by atoms with Crippen LogP contribution in [0, 0.1) is 11.3 Å². The van der Waals surface area contributed by atoms with Crippen molar-refractivity contribution in [1.29, 1.82) is 5.26 Å². The SMILES string of the molecule is COc1ccc(/C=C(\C#N)C(=O)OCC(=O)NC[C@H]2COc3ccccc3O2)cc1. The summed E-state index contributed by atoms with van der Waals surface area (Å²) < 4.78 is 21.3. The van der Waals surface area contributed by atoms with Crippen molar-refractivity contribution < 1.29 is 28.5 Å². The first-order valence-electron chi connectivity index (χ1n) is 9.17. The van der Waals surface area contributed by atoms with Gasteiger partial charge in [0.05, 0.1) is 13.7 Å². The number of fused-ring (bicyclic) bond motifs is 1. The fraction of sp³-hybridized carbons (Fsp3) is 0.227. The number of hydrogen-bond acceptors (Lipinski definition) is 7. The molecule has 1 aliphatic heterocycles. The van der Waals surface area contributed by atoms with Gasteiger partial charge in [0.15, 0.2) is 18.1 Å². The minimum Gasteiger partial charge on any atom is -0.497 e. The summed E-state index contributed by atoms with van der Waals surface area (Å²) in [5, 5.41) is 11.8. The van der Waals surface area contributed by atoms with E-state index in [-0.39, 0.29) is 18.2 Å². The quantitative estimate of drug-likeness (QED) is 0.425. The first kappa shape index (κ1) is 20.7. The summed E-state index contributed by atoms with van der Waals surface area (Å²) in [5.41, 5.74) is 0.414. The summed E-state index contributed by atoms with van der Waals surface area (Å²) in [6, 6.07) is 15.8. The van der Waals surface area contributed by atoms with Gasteiger partial charge in [0.1, 0.15) is 30.1 Å². The van der Waals surface area contributed by atoms with Gasteiger partial charge in [-0.1, -0.05) is 24.3 Å². The van der Waals surface area contributed by atoms with Gasteiger partial charge >= 0.3 is 5.97 Å². The molecule has 8 nitrogen and oxygen atoms in total. The second-order valence-corrected chi connectivity index (χ2v) is 6.32. The lowest BCUT2D eigenvalue weighted by Gasteiger charge is -2.26. The van der Waals surface area contributed by atoms with Crippen LogP contribution in [0.4, 0.5) is 0 Å². The highest BCUT2D eigenvalue weighted by Crippen LogP contribution is 2.30. The largest absolute Gasteiger partial charge is 0.497 e. The van der Waals surface area contributed by atoms with Crippen molar-refractivity contribution in [3.8, 4) is 23.3 Å². The predicted octanol–water partition coefficient (Wildman–Crippen LogP) is 2.10. The molecule has 1 N–H and O–H groups in total. The Kier molecular flexibility index (Phi) is 6.90. The molecule has 0 aromatic heterocycles. The normalized spacial score (nSPS) is 14.9. The highest BCUT2D eigenvalue weighted by molar-refractivity contribution is 5.98. The Labute approximate surface area is 173 Å². The number of para-hydroxylation sites is 2. The zero-order valence-corrected chi connectivity index (χ0v) is 16.3. The molecule has 0 bridgehead atoms. The summed E-state index contributed by atoms with van der Waals surface area (Å²) in [6.45, 7) is -0.0254. The molecular weight excluding hydrogens is 388 g/mol. The molecule has 1 amide bonds. The lowest BCUT2D eigenvalue weighted by atomic mass is 10.1. The Bertz CT molecular complexity index is 978. The third-order valence-electron chi connectivity index (χ3n) is 4.20. The lowest BCUT2D eigenvalue weighted by molar-refractivity contribution is -0.144. The van der Waals surface area contributed by atoms with Crippen LogP contribution in [-0.2, 0) is 14.3 Å². The molecule has 30 heavy (non-hydrogen) atoms. The molecule has 0 saturated heterocycles. The highest BCUT2D eigenvalue weighted by atomic mass is 16.6. The molecule has 3 rings (SSSR count). The van der Waals surface area contributed by atoms with Crippen LogP contribution in [0.5, 0.6) is 17.2 Å². The number of carbonyl (C=O) groups excluding carboxylic acids is 2. The third-order valence-corrected chi connectivity index (χ3v) is 4.20. The Morgan fingerprint density at radius 1 is 1.20 bits per heavy atom. The van der Waals surface area contributed by atoms with Gasteiger partial charge in [0, 0.05) is 0 Å². The fourth-order valence-electron chi connectivity index (χ4n) is 2.65. The van der Waals surface area contributed by atoms with Crippen LogP contribution in [0.2, 0.25) is 0 Å². The molecule has 1 atom stereocenters. The van der Waals surface area contributed by atoms with E-state index in [9.17, 15) is 14.9 Å². The van der Waals surface area contributed by atoms with Crippen LogP contribution < -0.4 is 19.5 Å². The first-order valence-corrected chi connectivity index (χ1v) is 9.17. The van der Waals surface area contributed by atoms with Crippen molar-refractivity contribution in [2.45, 2.75) is 6.10 Å². The van der Waals surface area contributed by atoms with E-state index in [1.54, 1.807) is 49.6 Å². The standard InChI is InChI=1S/C22H20N2O6/c1-27-17-8-6-15(7-9-17)10-16(11-23)22(26)29-14-21(25)24-12-18-13-28-19-4-2-3-5-20(19)30-18/h2-10,18H,12-14H2,1H3,(H,24,25)/b16-10+/t18-/m0/s1. The molecule has 0 unspecified atom stereocenters. The molecule has 0 aliphatic carbocycles. The molecule has 0 radical (unpaired) electrons. The van der Waals surface area contributed by atoms with E-state index in [2.05, 4.69) is 5.32 Å². The molecule has 1 aliphatic rings. The first-order chi connectivity index (χ1) is 14.6. The minimum atomic E-state index is -0.880. The van der Waals surface area contributed by atoms with E-state index < -0.39 is 18.5 Å². The predicted molar refractivity (Wildman–Crippen MR) is 107 cm³/mol. The molecule has 0 saturated carbocycles. The van der Waals surface area contributed by atoms with Crippen molar-refractivity contribution in [1.82, 2.24) is 5.32 Å². The number of amides is 1. The summed E-state index contributed by atoms with van der Waals surface area (Å²) in [7, 11) is 1.54. The van der Waals surface area contributed by atoms with Gasteiger partial charge < -0.3 is 24.3 Å². The van der Waals surface area contributed by atoms with Crippen molar-refractivity contribution in [3.05, 3.63) is 59.7 Å². The van der Waals surface area contributed by atoms with Crippen LogP contribution in [0.3, 0.4) is 0 Å². The summed E-state index contributed by atoms with van der Waals surface area (Å²) in [4.78, 5) is 24.1. The van der Waals surface area contributed by atoms with Crippen LogP contribution in [0.1, 0.15) is 5.56 Å². The number of nitrogens with one attached hydrogen (secondary N) is 1. The van der Waals surface area contributed by atoms with Gasteiger partial charge in [-0.25, -0.2) is 4.79 Å². The minimum absolute atomic E-state index is 0.192. The Hall–Kier alpha value is -3.99. The zero-order chi connectivity index (χ0) is 21.3. The van der Waals surface area contributed by atoms with Gasteiger partial charge in [-0.05, 0) is 35.9 Å². The number of methoxy groups -OCH3 is 1. The van der Waals surface area contributed by atoms with E-state index >= 15 is 0 Å². The summed E-state index contributed by atoms with van der Waals surface area (Å²) in [6.07, 6.45) is 1.02. The Morgan fingerprint density at radius 3 is 2.63 bits per heavy atom. The summed E-state index contributed by atoms with van der Waals surface area (Å²) >= 11 is 0. The van der Waals surface area contributed by atoms with E-state index in [4.69, 9.17) is 18.9 Å². The Morgan fingerprint density at radius 2 is 1.93 bits per heavy atom. The number of benzene rings is 2.